The summed E-state index contributed by atoms with van der Waals surface area (Å²) >= 11 is 0. The van der Waals surface area contributed by atoms with Crippen LogP contribution in [0.4, 0.5) is 22.0 Å². The Kier molecular flexibility index (Phi) is 5.62. The molecule has 0 unspecified atom stereocenters. The molecule has 0 saturated carbocycles. The highest BCUT2D eigenvalue weighted by Crippen LogP contribution is 2.37. The Labute approximate surface area is 183 Å². The fourth-order valence-corrected chi connectivity index (χ4v) is 4.29. The Morgan fingerprint density at radius 1 is 1.21 bits per heavy atom. The number of aromatic nitrogens is 1. The molecule has 2 aliphatic rings. The molecule has 2 N–H and O–H groups in total. The molecule has 2 amide bonds. The van der Waals surface area contributed by atoms with Crippen LogP contribution in [0.25, 0.3) is 0 Å². The van der Waals surface area contributed by atoms with Crippen LogP contribution in [-0.4, -0.2) is 45.7 Å². The minimum atomic E-state index is -4.48. The first-order chi connectivity index (χ1) is 15.5. The number of rotatable bonds is 5. The highest BCUT2D eigenvalue weighted by atomic mass is 19.4. The fraction of sp³-hybridized carbons (Fsp3) is 0.381. The zero-order valence-electron chi connectivity index (χ0n) is 17.0. The van der Waals surface area contributed by atoms with Gasteiger partial charge in [0.15, 0.2) is 11.4 Å². The van der Waals surface area contributed by atoms with Gasteiger partial charge in [0.1, 0.15) is 17.2 Å². The second-order valence-corrected chi connectivity index (χ2v) is 7.95. The van der Waals surface area contributed by atoms with Crippen molar-refractivity contribution in [2.24, 2.45) is 0 Å². The second-order valence-electron chi connectivity index (χ2n) is 7.95. The molecule has 1 atom stereocenters. The number of aromatic hydroxyl groups is 1. The van der Waals surface area contributed by atoms with Gasteiger partial charge in [0.25, 0.3) is 11.8 Å². The molecular weight excluding hydrogens is 453 g/mol. The summed E-state index contributed by atoms with van der Waals surface area (Å²) in [4.78, 5) is 39.2. The van der Waals surface area contributed by atoms with Crippen molar-refractivity contribution in [2.75, 3.05) is 13.1 Å². The van der Waals surface area contributed by atoms with Gasteiger partial charge in [-0.25, -0.2) is 8.78 Å². The van der Waals surface area contributed by atoms with Crippen LogP contribution in [-0.2, 0) is 13.0 Å². The van der Waals surface area contributed by atoms with Gasteiger partial charge in [-0.3, -0.25) is 14.4 Å². The van der Waals surface area contributed by atoms with Crippen molar-refractivity contribution < 1.29 is 36.6 Å². The second kappa shape index (κ2) is 8.16. The fourth-order valence-electron chi connectivity index (χ4n) is 4.29. The third kappa shape index (κ3) is 4.16. The number of benzene rings is 1. The van der Waals surface area contributed by atoms with E-state index in [0.717, 1.165) is 17.0 Å². The van der Waals surface area contributed by atoms with Crippen LogP contribution in [0.5, 0.6) is 5.75 Å². The molecule has 2 aliphatic heterocycles. The Morgan fingerprint density at radius 3 is 2.61 bits per heavy atom. The zero-order chi connectivity index (χ0) is 24.1. The molecule has 3 heterocycles. The lowest BCUT2D eigenvalue weighted by Crippen LogP contribution is -2.45. The van der Waals surface area contributed by atoms with Crippen molar-refractivity contribution in [3.63, 3.8) is 0 Å². The molecule has 1 aromatic carbocycles. The largest absolute Gasteiger partial charge is 0.503 e. The summed E-state index contributed by atoms with van der Waals surface area (Å²) in [6.07, 6.45) is -5.18. The smallest absolute Gasteiger partial charge is 0.390 e. The molecule has 0 spiro atoms. The molecule has 0 bridgehead atoms. The first-order valence-electron chi connectivity index (χ1n) is 10.1. The van der Waals surface area contributed by atoms with Crippen LogP contribution in [0, 0.1) is 11.6 Å². The van der Waals surface area contributed by atoms with E-state index < -0.39 is 71.1 Å². The van der Waals surface area contributed by atoms with Crippen molar-refractivity contribution in [3.05, 3.63) is 62.6 Å². The summed E-state index contributed by atoms with van der Waals surface area (Å²) in [5.41, 5.74) is -1.85. The van der Waals surface area contributed by atoms with Gasteiger partial charge in [-0.15, -0.1) is 0 Å². The summed E-state index contributed by atoms with van der Waals surface area (Å²) in [5.74, 6) is -4.56. The standard InChI is InChI=1S/C21H18F5N3O4/c22-11-2-1-10(13(23)7-11)8-27-19(32)15-14-4-3-12-9-28(6-5-21(24,25)26)20(33)16(29(12)14)18(31)17(15)30/h1-2,7,12,31H,3-6,8-9H2,(H,27,32)/t12-/m0/s1. The first-order valence-corrected chi connectivity index (χ1v) is 10.1. The van der Waals surface area contributed by atoms with Crippen LogP contribution in [0.3, 0.4) is 0 Å². The van der Waals surface area contributed by atoms with E-state index >= 15 is 0 Å². The molecule has 0 radical (unpaired) electrons. The van der Waals surface area contributed by atoms with Crippen molar-refractivity contribution in [3.8, 4) is 5.75 Å². The third-order valence-electron chi connectivity index (χ3n) is 5.83. The Morgan fingerprint density at radius 2 is 1.94 bits per heavy atom. The monoisotopic (exact) mass is 471 g/mol. The van der Waals surface area contributed by atoms with Crippen molar-refractivity contribution in [2.45, 2.75) is 38.0 Å². The average molecular weight is 471 g/mol. The van der Waals surface area contributed by atoms with Gasteiger partial charge < -0.3 is 19.9 Å². The van der Waals surface area contributed by atoms with E-state index in [2.05, 4.69) is 5.32 Å². The zero-order valence-corrected chi connectivity index (χ0v) is 17.0. The molecule has 1 aromatic heterocycles. The highest BCUT2D eigenvalue weighted by molar-refractivity contribution is 6.00. The summed E-state index contributed by atoms with van der Waals surface area (Å²) < 4.78 is 66.1. The summed E-state index contributed by atoms with van der Waals surface area (Å²) in [6, 6.07) is 2.27. The van der Waals surface area contributed by atoms with Gasteiger partial charge in [-0.2, -0.15) is 13.2 Å². The van der Waals surface area contributed by atoms with E-state index in [-0.39, 0.29) is 30.8 Å². The summed E-state index contributed by atoms with van der Waals surface area (Å²) in [5, 5.41) is 12.8. The number of nitrogens with zero attached hydrogens (tertiary/aromatic N) is 2. The highest BCUT2D eigenvalue weighted by Gasteiger charge is 2.42. The molecule has 0 saturated heterocycles. The summed E-state index contributed by atoms with van der Waals surface area (Å²) in [6.45, 7) is -1.04. The number of amides is 2. The molecule has 2 aromatic rings. The third-order valence-corrected chi connectivity index (χ3v) is 5.83. The lowest BCUT2D eigenvalue weighted by Gasteiger charge is -2.34. The van der Waals surface area contributed by atoms with Gasteiger partial charge in [-0.1, -0.05) is 6.07 Å². The van der Waals surface area contributed by atoms with Gasteiger partial charge in [-0.05, 0) is 18.9 Å². The number of hydrogen-bond acceptors (Lipinski definition) is 4. The van der Waals surface area contributed by atoms with E-state index in [0.29, 0.717) is 12.5 Å². The Hall–Kier alpha value is -3.44. The van der Waals surface area contributed by atoms with Crippen molar-refractivity contribution in [1.29, 1.82) is 0 Å². The maximum Gasteiger partial charge on any atom is 0.390 e. The van der Waals surface area contributed by atoms with Crippen LogP contribution >= 0.6 is 0 Å². The number of carbonyl (C=O) groups excluding carboxylic acids is 2. The van der Waals surface area contributed by atoms with Gasteiger partial charge in [0.05, 0.1) is 12.5 Å². The molecule has 33 heavy (non-hydrogen) atoms. The van der Waals surface area contributed by atoms with Gasteiger partial charge in [0, 0.05) is 37.0 Å². The average Bonchev–Trinajstić information content (AvgIpc) is 3.13. The number of alkyl halides is 3. The van der Waals surface area contributed by atoms with Crippen molar-refractivity contribution >= 4 is 11.8 Å². The van der Waals surface area contributed by atoms with Crippen LogP contribution in [0.1, 0.15) is 51.0 Å². The van der Waals surface area contributed by atoms with Crippen molar-refractivity contribution in [1.82, 2.24) is 14.8 Å². The molecule has 7 nitrogen and oxygen atoms in total. The normalized spacial score (nSPS) is 17.3. The lowest BCUT2D eigenvalue weighted by atomic mass is 10.1. The van der Waals surface area contributed by atoms with E-state index in [4.69, 9.17) is 0 Å². The number of hydrogen-bond donors (Lipinski definition) is 2. The van der Waals surface area contributed by atoms with Gasteiger partial charge in [0.2, 0.25) is 5.43 Å². The number of carbonyl (C=O) groups is 2. The Balaban J connectivity index is 1.64. The summed E-state index contributed by atoms with van der Waals surface area (Å²) in [7, 11) is 0. The molecule has 176 valence electrons. The van der Waals surface area contributed by atoms with E-state index in [1.54, 1.807) is 0 Å². The maximum absolute atomic E-state index is 13.8. The molecule has 0 aliphatic carbocycles. The van der Waals surface area contributed by atoms with E-state index in [1.807, 2.05) is 0 Å². The number of halogens is 5. The molecule has 12 heteroatoms. The van der Waals surface area contributed by atoms with E-state index in [9.17, 15) is 41.4 Å². The predicted molar refractivity (Wildman–Crippen MR) is 104 cm³/mol. The minimum Gasteiger partial charge on any atom is -0.503 e. The SMILES string of the molecule is O=C(NCc1ccc(F)cc1F)c1c2n3c(c(O)c1=O)C(=O)N(CCC(F)(F)F)C[C@@H]3CC2. The van der Waals surface area contributed by atoms with Crippen LogP contribution in [0.15, 0.2) is 23.0 Å². The topological polar surface area (TPSA) is 91.6 Å². The molecular formula is C21H18F5N3O4. The predicted octanol–water partition coefficient (Wildman–Crippen LogP) is 2.66. The van der Waals surface area contributed by atoms with E-state index in [1.165, 1.54) is 4.57 Å². The van der Waals surface area contributed by atoms with Gasteiger partial charge >= 0.3 is 6.18 Å². The van der Waals surface area contributed by atoms with Crippen LogP contribution < -0.4 is 10.7 Å². The number of pyridine rings is 1. The number of nitrogens with one attached hydrogen (secondary N) is 1. The quantitative estimate of drug-likeness (QED) is 0.656. The first kappa shape index (κ1) is 22.7. The Bertz CT molecular complexity index is 1210. The molecule has 4 rings (SSSR count). The van der Waals surface area contributed by atoms with Crippen LogP contribution in [0.2, 0.25) is 0 Å². The molecule has 0 fully saturated rings. The maximum atomic E-state index is 13.8. The lowest BCUT2D eigenvalue weighted by molar-refractivity contribution is -0.137. The minimum absolute atomic E-state index is 0.0307.